The lowest BCUT2D eigenvalue weighted by atomic mass is 10.2. The molecule has 0 radical (unpaired) electrons. The molecular formula is C17H18BrNO3S. The first-order valence-corrected chi connectivity index (χ1v) is 9.86. The van der Waals surface area contributed by atoms with Crippen LogP contribution >= 0.6 is 15.9 Å². The van der Waals surface area contributed by atoms with E-state index in [1.165, 1.54) is 0 Å². The van der Waals surface area contributed by atoms with Crippen molar-refractivity contribution in [1.82, 2.24) is 0 Å². The van der Waals surface area contributed by atoms with Gasteiger partial charge in [-0.3, -0.25) is 4.79 Å². The number of hydrogen-bond donors (Lipinski definition) is 1. The summed E-state index contributed by atoms with van der Waals surface area (Å²) in [7, 11) is -3.20. The topological polar surface area (TPSA) is 63.2 Å². The molecule has 1 N–H and O–H groups in total. The van der Waals surface area contributed by atoms with Gasteiger partial charge in [0, 0.05) is 16.6 Å². The number of sulfone groups is 1. The fourth-order valence-corrected chi connectivity index (χ4v) is 3.97. The highest BCUT2D eigenvalue weighted by atomic mass is 79.9. The van der Waals surface area contributed by atoms with Crippen LogP contribution in [0.2, 0.25) is 0 Å². The van der Waals surface area contributed by atoms with Gasteiger partial charge in [-0.1, -0.05) is 52.3 Å². The minimum atomic E-state index is -3.20. The Bertz CT molecular complexity index is 760. The lowest BCUT2D eigenvalue weighted by Gasteiger charge is -2.06. The lowest BCUT2D eigenvalue weighted by molar-refractivity contribution is -0.116. The van der Waals surface area contributed by atoms with Crippen LogP contribution in [0.4, 0.5) is 5.69 Å². The van der Waals surface area contributed by atoms with Gasteiger partial charge in [-0.05, 0) is 30.2 Å². The summed E-state index contributed by atoms with van der Waals surface area (Å²) in [5.41, 5.74) is 1.46. The van der Waals surface area contributed by atoms with E-state index in [2.05, 4.69) is 21.2 Å². The summed E-state index contributed by atoms with van der Waals surface area (Å²) in [6.07, 6.45) is 0.496. The van der Waals surface area contributed by atoms with Crippen molar-refractivity contribution in [2.75, 3.05) is 11.1 Å². The molecule has 0 bridgehead atoms. The van der Waals surface area contributed by atoms with E-state index in [4.69, 9.17) is 0 Å². The molecule has 23 heavy (non-hydrogen) atoms. The van der Waals surface area contributed by atoms with Crippen LogP contribution in [-0.2, 0) is 20.4 Å². The van der Waals surface area contributed by atoms with Gasteiger partial charge in [0.05, 0.1) is 11.5 Å². The minimum Gasteiger partial charge on any atom is -0.326 e. The van der Waals surface area contributed by atoms with E-state index in [9.17, 15) is 13.2 Å². The number of benzene rings is 2. The number of carbonyl (C=O) groups excluding carboxylic acids is 1. The SMILES string of the molecule is O=C(CCCS(=O)(=O)Cc1ccccc1)Nc1cccc(Br)c1. The summed E-state index contributed by atoms with van der Waals surface area (Å²) in [6.45, 7) is 0. The molecule has 2 rings (SSSR count). The summed E-state index contributed by atoms with van der Waals surface area (Å²) in [5, 5.41) is 2.75. The molecule has 0 saturated carbocycles. The van der Waals surface area contributed by atoms with Crippen LogP contribution in [-0.4, -0.2) is 20.1 Å². The van der Waals surface area contributed by atoms with Crippen molar-refractivity contribution in [2.24, 2.45) is 0 Å². The Morgan fingerprint density at radius 2 is 1.78 bits per heavy atom. The van der Waals surface area contributed by atoms with Crippen LogP contribution in [0.3, 0.4) is 0 Å². The predicted molar refractivity (Wildman–Crippen MR) is 95.9 cm³/mol. The fourth-order valence-electron chi connectivity index (χ4n) is 2.14. The van der Waals surface area contributed by atoms with Crippen LogP contribution in [0.5, 0.6) is 0 Å². The molecule has 4 nitrogen and oxygen atoms in total. The van der Waals surface area contributed by atoms with Crippen molar-refractivity contribution in [3.05, 3.63) is 64.6 Å². The quantitative estimate of drug-likeness (QED) is 0.775. The molecule has 0 unspecified atom stereocenters. The Kier molecular flexibility index (Phi) is 6.36. The Morgan fingerprint density at radius 1 is 1.04 bits per heavy atom. The first kappa shape index (κ1) is 17.7. The van der Waals surface area contributed by atoms with Crippen LogP contribution in [0.1, 0.15) is 18.4 Å². The summed E-state index contributed by atoms with van der Waals surface area (Å²) >= 11 is 3.33. The van der Waals surface area contributed by atoms with Gasteiger partial charge in [0.25, 0.3) is 0 Å². The third-order valence-electron chi connectivity index (χ3n) is 3.20. The van der Waals surface area contributed by atoms with Crippen LogP contribution in [0, 0.1) is 0 Å². The van der Waals surface area contributed by atoms with E-state index >= 15 is 0 Å². The number of hydrogen-bond acceptors (Lipinski definition) is 3. The third kappa shape index (κ3) is 6.54. The van der Waals surface area contributed by atoms with Crippen molar-refractivity contribution >= 4 is 37.4 Å². The van der Waals surface area contributed by atoms with Crippen molar-refractivity contribution < 1.29 is 13.2 Å². The molecule has 0 aliphatic carbocycles. The van der Waals surface area contributed by atoms with E-state index < -0.39 is 9.84 Å². The Morgan fingerprint density at radius 3 is 2.48 bits per heavy atom. The molecule has 0 aromatic heterocycles. The van der Waals surface area contributed by atoms with Gasteiger partial charge < -0.3 is 5.32 Å². The molecule has 6 heteroatoms. The molecule has 0 saturated heterocycles. The van der Waals surface area contributed by atoms with Crippen molar-refractivity contribution in [3.63, 3.8) is 0 Å². The second-order valence-corrected chi connectivity index (χ2v) is 8.34. The van der Waals surface area contributed by atoms with Crippen molar-refractivity contribution in [3.8, 4) is 0 Å². The van der Waals surface area contributed by atoms with Crippen LogP contribution in [0.15, 0.2) is 59.1 Å². The van der Waals surface area contributed by atoms with Gasteiger partial charge >= 0.3 is 0 Å². The highest BCUT2D eigenvalue weighted by Gasteiger charge is 2.13. The number of anilines is 1. The van der Waals surface area contributed by atoms with Gasteiger partial charge in [0.1, 0.15) is 0 Å². The van der Waals surface area contributed by atoms with Crippen molar-refractivity contribution in [1.29, 1.82) is 0 Å². The van der Waals surface area contributed by atoms with Crippen molar-refractivity contribution in [2.45, 2.75) is 18.6 Å². The zero-order valence-electron chi connectivity index (χ0n) is 12.5. The number of nitrogens with one attached hydrogen (secondary N) is 1. The first-order valence-electron chi connectivity index (χ1n) is 7.24. The zero-order chi connectivity index (χ0) is 16.7. The highest BCUT2D eigenvalue weighted by molar-refractivity contribution is 9.10. The second kappa shape index (κ2) is 8.26. The summed E-state index contributed by atoms with van der Waals surface area (Å²) in [4.78, 5) is 11.8. The highest BCUT2D eigenvalue weighted by Crippen LogP contribution is 2.16. The fraction of sp³-hybridized carbons (Fsp3) is 0.235. The normalized spacial score (nSPS) is 11.2. The summed E-state index contributed by atoms with van der Waals surface area (Å²) in [5.74, 6) is -0.160. The Balaban J connectivity index is 1.78. The predicted octanol–water partition coefficient (Wildman–Crippen LogP) is 3.78. The summed E-state index contributed by atoms with van der Waals surface area (Å²) < 4.78 is 25.0. The number of halogens is 1. The largest absolute Gasteiger partial charge is 0.326 e. The molecule has 122 valence electrons. The van der Waals surface area contributed by atoms with Crippen LogP contribution in [0.25, 0.3) is 0 Å². The molecule has 2 aromatic rings. The first-order chi connectivity index (χ1) is 10.9. The van der Waals surface area contributed by atoms with Crippen LogP contribution < -0.4 is 5.32 Å². The number of carbonyl (C=O) groups is 1. The molecule has 0 spiro atoms. The zero-order valence-corrected chi connectivity index (χ0v) is 14.9. The average Bonchev–Trinajstić information content (AvgIpc) is 2.47. The molecule has 0 aliphatic heterocycles. The monoisotopic (exact) mass is 395 g/mol. The number of rotatable bonds is 7. The van der Waals surface area contributed by atoms with Gasteiger partial charge in [-0.15, -0.1) is 0 Å². The third-order valence-corrected chi connectivity index (χ3v) is 5.37. The van der Waals surface area contributed by atoms with Gasteiger partial charge in [-0.25, -0.2) is 8.42 Å². The lowest BCUT2D eigenvalue weighted by Crippen LogP contribution is -2.15. The van der Waals surface area contributed by atoms with E-state index in [0.29, 0.717) is 12.1 Å². The van der Waals surface area contributed by atoms with E-state index in [1.807, 2.05) is 30.3 Å². The standard InChI is InChI=1S/C17H18BrNO3S/c18-15-8-4-9-16(12-15)19-17(20)10-5-11-23(21,22)13-14-6-2-1-3-7-14/h1-4,6-9,12H,5,10-11,13H2,(H,19,20). The van der Waals surface area contributed by atoms with E-state index in [1.54, 1.807) is 24.3 Å². The molecule has 2 aromatic carbocycles. The minimum absolute atomic E-state index is 0.00774. The maximum atomic E-state index is 12.0. The molecule has 0 atom stereocenters. The number of amides is 1. The molecule has 1 amide bonds. The second-order valence-electron chi connectivity index (χ2n) is 5.24. The van der Waals surface area contributed by atoms with Gasteiger partial charge in [0.2, 0.25) is 5.91 Å². The Labute approximate surface area is 145 Å². The smallest absolute Gasteiger partial charge is 0.224 e. The molecule has 0 fully saturated rings. The maximum absolute atomic E-state index is 12.0. The molecular weight excluding hydrogens is 378 g/mol. The van der Waals surface area contributed by atoms with Gasteiger partial charge in [0.15, 0.2) is 9.84 Å². The Hall–Kier alpha value is -1.66. The van der Waals surface area contributed by atoms with E-state index in [0.717, 1.165) is 10.0 Å². The summed E-state index contributed by atoms with van der Waals surface area (Å²) in [6, 6.07) is 16.3. The maximum Gasteiger partial charge on any atom is 0.224 e. The van der Waals surface area contributed by atoms with Gasteiger partial charge in [-0.2, -0.15) is 0 Å². The molecule has 0 heterocycles. The van der Waals surface area contributed by atoms with E-state index in [-0.39, 0.29) is 23.8 Å². The average molecular weight is 396 g/mol. The molecule has 0 aliphatic rings.